The molecule has 1 aromatic rings. The first kappa shape index (κ1) is 16.0. The molecule has 108 valence electrons. The van der Waals surface area contributed by atoms with Crippen LogP contribution < -0.4 is 10.1 Å². The largest absolute Gasteiger partial charge is 0.497 e. The van der Waals surface area contributed by atoms with Crippen molar-refractivity contribution < 1.29 is 19.1 Å². The van der Waals surface area contributed by atoms with Gasteiger partial charge >= 0.3 is 6.09 Å². The van der Waals surface area contributed by atoms with Gasteiger partial charge in [-0.15, -0.1) is 0 Å². The summed E-state index contributed by atoms with van der Waals surface area (Å²) in [7, 11) is 1.56. The van der Waals surface area contributed by atoms with Gasteiger partial charge in [-0.2, -0.15) is 4.99 Å². The molecule has 0 heterocycles. The first-order valence-electron chi connectivity index (χ1n) is 5.92. The van der Waals surface area contributed by atoms with E-state index >= 15 is 0 Å². The highest BCUT2D eigenvalue weighted by Crippen LogP contribution is 2.18. The molecule has 0 spiro atoms. The average molecular weight is 296 g/mol. The monoisotopic (exact) mass is 296 g/mol. The predicted octanol–water partition coefficient (Wildman–Crippen LogP) is 2.55. The minimum Gasteiger partial charge on any atom is -0.497 e. The van der Waals surface area contributed by atoms with Crippen molar-refractivity contribution in [1.29, 1.82) is 0 Å². The summed E-state index contributed by atoms with van der Waals surface area (Å²) in [6.45, 7) is 1.94. The Bertz CT molecular complexity index is 491. The van der Waals surface area contributed by atoms with E-state index in [0.717, 1.165) is 18.0 Å². The number of rotatable bonds is 5. The molecule has 0 saturated carbocycles. The number of benzene rings is 1. The van der Waals surface area contributed by atoms with Crippen LogP contribution in [0.1, 0.15) is 6.92 Å². The van der Waals surface area contributed by atoms with Crippen LogP contribution in [0.5, 0.6) is 5.75 Å². The number of carbonyl (C=O) groups excluding carboxylic acids is 2. The van der Waals surface area contributed by atoms with E-state index in [1.165, 1.54) is 0 Å². The molecule has 0 saturated heterocycles. The lowest BCUT2D eigenvalue weighted by atomic mass is 10.3. The number of thioether (sulfide) groups is 1. The van der Waals surface area contributed by atoms with Gasteiger partial charge in [0.2, 0.25) is 0 Å². The number of aliphatic imine (C=N–C) groups is 1. The van der Waals surface area contributed by atoms with Crippen molar-refractivity contribution in [2.24, 2.45) is 4.99 Å². The molecule has 0 bridgehead atoms. The maximum absolute atomic E-state index is 11.4. The van der Waals surface area contributed by atoms with Crippen molar-refractivity contribution >= 4 is 35.0 Å². The van der Waals surface area contributed by atoms with Gasteiger partial charge in [-0.25, -0.2) is 4.79 Å². The normalized spacial score (nSPS) is 10.8. The maximum Gasteiger partial charge on any atom is 0.436 e. The predicted molar refractivity (Wildman–Crippen MR) is 79.6 cm³/mol. The van der Waals surface area contributed by atoms with Crippen LogP contribution in [0.4, 0.5) is 10.5 Å². The lowest BCUT2D eigenvalue weighted by Crippen LogP contribution is -2.12. The number of anilines is 1. The molecule has 0 aromatic heterocycles. The highest BCUT2D eigenvalue weighted by Gasteiger charge is 2.06. The Labute approximate surface area is 121 Å². The van der Waals surface area contributed by atoms with Crippen LogP contribution in [-0.4, -0.2) is 37.0 Å². The lowest BCUT2D eigenvalue weighted by molar-refractivity contribution is -0.105. The van der Waals surface area contributed by atoms with Crippen molar-refractivity contribution in [1.82, 2.24) is 0 Å². The van der Waals surface area contributed by atoms with Crippen LogP contribution in [0.2, 0.25) is 0 Å². The van der Waals surface area contributed by atoms with Crippen molar-refractivity contribution in [3.63, 3.8) is 0 Å². The van der Waals surface area contributed by atoms with Crippen molar-refractivity contribution in [3.8, 4) is 5.75 Å². The Hall–Kier alpha value is -2.02. The van der Waals surface area contributed by atoms with Crippen LogP contribution in [0.15, 0.2) is 29.3 Å². The molecule has 1 N–H and O–H groups in total. The average Bonchev–Trinajstić information content (AvgIpc) is 2.45. The summed E-state index contributed by atoms with van der Waals surface area (Å²) in [6.07, 6.45) is 0.0368. The highest BCUT2D eigenvalue weighted by atomic mass is 32.2. The fourth-order valence-corrected chi connectivity index (χ4v) is 1.83. The van der Waals surface area contributed by atoms with Gasteiger partial charge < -0.3 is 19.6 Å². The Morgan fingerprint density at radius 1 is 1.50 bits per heavy atom. The zero-order valence-electron chi connectivity index (χ0n) is 11.3. The minimum atomic E-state index is -0.698. The zero-order valence-corrected chi connectivity index (χ0v) is 12.1. The number of carbonyl (C=O) groups is 2. The van der Waals surface area contributed by atoms with Gasteiger partial charge in [0.15, 0.2) is 5.17 Å². The first-order chi connectivity index (χ1) is 9.69. The molecule has 1 rings (SSSR count). The van der Waals surface area contributed by atoms with E-state index in [9.17, 15) is 9.59 Å². The molecule has 0 radical (unpaired) electrons. The van der Waals surface area contributed by atoms with E-state index in [4.69, 9.17) is 9.47 Å². The van der Waals surface area contributed by atoms with E-state index in [-0.39, 0.29) is 12.4 Å². The van der Waals surface area contributed by atoms with E-state index in [1.807, 2.05) is 0 Å². The molecule has 6 nitrogen and oxygen atoms in total. The highest BCUT2D eigenvalue weighted by molar-refractivity contribution is 8.14. The third-order valence-corrected chi connectivity index (χ3v) is 2.84. The number of nitrogens with one attached hydrogen (secondary N) is 1. The molecular formula is C13H16N2O4S. The molecule has 20 heavy (non-hydrogen) atoms. The summed E-state index contributed by atoms with van der Waals surface area (Å²) in [4.78, 5) is 25.5. The van der Waals surface area contributed by atoms with Crippen LogP contribution in [-0.2, 0) is 9.53 Å². The maximum atomic E-state index is 11.4. The van der Waals surface area contributed by atoms with E-state index < -0.39 is 6.09 Å². The molecule has 1 amide bonds. The lowest BCUT2D eigenvalue weighted by Gasteiger charge is -2.09. The standard InChI is InChI=1S/C13H16N2O4S/c1-3-19-13(17)15-12(20-8-7-16)14-10-5-4-6-11(9-10)18-2/h4-7,9H,3,8H2,1-2H3,(H,14,15,17). The topological polar surface area (TPSA) is 77.0 Å². The molecule has 0 atom stereocenters. The van der Waals surface area contributed by atoms with Crippen LogP contribution >= 0.6 is 11.8 Å². The van der Waals surface area contributed by atoms with Gasteiger partial charge in [0.25, 0.3) is 0 Å². The second kappa shape index (κ2) is 8.98. The molecule has 0 unspecified atom stereocenters. The molecule has 0 aliphatic carbocycles. The second-order valence-electron chi connectivity index (χ2n) is 3.45. The third-order valence-electron chi connectivity index (χ3n) is 2.07. The summed E-state index contributed by atoms with van der Waals surface area (Å²) in [5.74, 6) is 0.862. The Kier molecular flexibility index (Phi) is 7.20. The molecule has 0 aliphatic heterocycles. The number of aldehydes is 1. The van der Waals surface area contributed by atoms with Gasteiger partial charge in [-0.3, -0.25) is 0 Å². The van der Waals surface area contributed by atoms with Crippen LogP contribution in [0, 0.1) is 0 Å². The van der Waals surface area contributed by atoms with Crippen molar-refractivity contribution in [2.45, 2.75) is 6.92 Å². The first-order valence-corrected chi connectivity index (χ1v) is 6.91. The summed E-state index contributed by atoms with van der Waals surface area (Å²) < 4.78 is 9.84. The molecule has 0 aliphatic rings. The second-order valence-corrected chi connectivity index (χ2v) is 4.46. The summed E-state index contributed by atoms with van der Waals surface area (Å²) >= 11 is 1.11. The van der Waals surface area contributed by atoms with Crippen molar-refractivity contribution in [2.75, 3.05) is 24.8 Å². The Morgan fingerprint density at radius 3 is 2.95 bits per heavy atom. The number of amidine groups is 1. The minimum absolute atomic E-state index is 0.190. The number of nitrogens with zero attached hydrogens (tertiary/aromatic N) is 1. The molecular weight excluding hydrogens is 280 g/mol. The zero-order chi connectivity index (χ0) is 14.8. The number of hydrogen-bond donors (Lipinski definition) is 1. The number of methoxy groups -OCH3 is 1. The van der Waals surface area contributed by atoms with Gasteiger partial charge in [0.05, 0.1) is 19.5 Å². The number of ether oxygens (including phenoxy) is 2. The van der Waals surface area contributed by atoms with E-state index in [0.29, 0.717) is 16.6 Å². The van der Waals surface area contributed by atoms with Crippen LogP contribution in [0.25, 0.3) is 0 Å². The summed E-state index contributed by atoms with van der Waals surface area (Å²) in [5, 5.41) is 3.25. The molecule has 7 heteroatoms. The Morgan fingerprint density at radius 2 is 2.30 bits per heavy atom. The molecule has 1 aromatic carbocycles. The smallest absolute Gasteiger partial charge is 0.436 e. The summed E-state index contributed by atoms with van der Waals surface area (Å²) in [5.41, 5.74) is 0.700. The number of hydrogen-bond acceptors (Lipinski definition) is 5. The third kappa shape index (κ3) is 5.75. The summed E-state index contributed by atoms with van der Waals surface area (Å²) in [6, 6.07) is 7.15. The fourth-order valence-electron chi connectivity index (χ4n) is 1.27. The van der Waals surface area contributed by atoms with Crippen molar-refractivity contribution in [3.05, 3.63) is 24.3 Å². The molecule has 0 fully saturated rings. The number of amides is 1. The SMILES string of the molecule is CCOC(=O)N=C(Nc1cccc(OC)c1)SCC=O. The van der Waals surface area contributed by atoms with E-state index in [1.54, 1.807) is 38.3 Å². The van der Waals surface area contributed by atoms with Gasteiger partial charge in [0.1, 0.15) is 12.0 Å². The quantitative estimate of drug-likeness (QED) is 0.511. The van der Waals surface area contributed by atoms with Gasteiger partial charge in [-0.05, 0) is 19.1 Å². The van der Waals surface area contributed by atoms with Gasteiger partial charge in [-0.1, -0.05) is 17.8 Å². The van der Waals surface area contributed by atoms with Gasteiger partial charge in [0, 0.05) is 11.8 Å². The van der Waals surface area contributed by atoms with Crippen LogP contribution in [0.3, 0.4) is 0 Å². The van der Waals surface area contributed by atoms with E-state index in [2.05, 4.69) is 10.3 Å². The Balaban J connectivity index is 2.82. The fraction of sp³-hybridized carbons (Fsp3) is 0.308.